The highest BCUT2D eigenvalue weighted by atomic mass is 35.5. The minimum atomic E-state index is -0.295. The fraction of sp³-hybridized carbons (Fsp3) is 0.188. The first-order valence-electron chi connectivity index (χ1n) is 6.95. The summed E-state index contributed by atoms with van der Waals surface area (Å²) < 4.78 is 0. The van der Waals surface area contributed by atoms with Gasteiger partial charge in [0.25, 0.3) is 0 Å². The van der Waals surface area contributed by atoms with Gasteiger partial charge in [-0.15, -0.1) is 0 Å². The topological polar surface area (TPSA) is 53.2 Å². The lowest BCUT2D eigenvalue weighted by Gasteiger charge is -2.11. The smallest absolute Gasteiger partial charge is 0.242 e. The van der Waals surface area contributed by atoms with Crippen molar-refractivity contribution >= 4 is 34.8 Å². The molecular weight excluding hydrogens is 321 g/mol. The Balaban J connectivity index is 1.61. The van der Waals surface area contributed by atoms with Gasteiger partial charge in [0.05, 0.1) is 0 Å². The van der Waals surface area contributed by atoms with E-state index in [4.69, 9.17) is 23.2 Å². The minimum Gasteiger partial charge on any atom is -0.325 e. The Morgan fingerprint density at radius 2 is 1.55 bits per heavy atom. The largest absolute Gasteiger partial charge is 0.325 e. The van der Waals surface area contributed by atoms with Crippen LogP contribution < -0.4 is 16.2 Å². The second-order valence-corrected chi connectivity index (χ2v) is 6.05. The Morgan fingerprint density at radius 3 is 2.18 bits per heavy atom. The summed E-state index contributed by atoms with van der Waals surface area (Å²) in [6.45, 7) is 0. The first kappa shape index (κ1) is 15.3. The van der Waals surface area contributed by atoms with E-state index in [1.54, 1.807) is 24.3 Å². The average molecular weight is 336 g/mol. The van der Waals surface area contributed by atoms with Crippen molar-refractivity contribution in [3.63, 3.8) is 0 Å². The van der Waals surface area contributed by atoms with E-state index in [2.05, 4.69) is 16.2 Å². The quantitative estimate of drug-likeness (QED) is 0.804. The monoisotopic (exact) mass is 335 g/mol. The number of halogens is 2. The number of nitrogens with one attached hydrogen (secondary N) is 3. The number of hydrazine groups is 1. The lowest BCUT2D eigenvalue weighted by molar-refractivity contribution is -0.117. The molecule has 3 N–H and O–H groups in total. The zero-order chi connectivity index (χ0) is 15.5. The van der Waals surface area contributed by atoms with Crippen molar-refractivity contribution in [3.05, 3.63) is 64.1 Å². The zero-order valence-electron chi connectivity index (χ0n) is 11.6. The number of hydrogen-bond donors (Lipinski definition) is 3. The molecule has 1 aliphatic rings. The second-order valence-electron chi connectivity index (χ2n) is 5.18. The van der Waals surface area contributed by atoms with Gasteiger partial charge in [0.2, 0.25) is 5.91 Å². The van der Waals surface area contributed by atoms with Gasteiger partial charge >= 0.3 is 0 Å². The van der Waals surface area contributed by atoms with Crippen LogP contribution in [0.25, 0.3) is 0 Å². The van der Waals surface area contributed by atoms with Gasteiger partial charge in [-0.25, -0.2) is 10.9 Å². The summed E-state index contributed by atoms with van der Waals surface area (Å²) in [5.74, 6) is -0.0775. The Hall–Kier alpha value is -1.59. The van der Waals surface area contributed by atoms with Crippen LogP contribution in [0.4, 0.5) is 5.69 Å². The Kier molecular flexibility index (Phi) is 4.64. The molecule has 0 aromatic heterocycles. The van der Waals surface area contributed by atoms with Crippen LogP contribution in [0.15, 0.2) is 48.5 Å². The van der Waals surface area contributed by atoms with Crippen LogP contribution in [0.2, 0.25) is 10.0 Å². The first-order valence-corrected chi connectivity index (χ1v) is 7.70. The summed E-state index contributed by atoms with van der Waals surface area (Å²) in [6.07, 6.45) is 0.668. The van der Waals surface area contributed by atoms with Gasteiger partial charge in [-0.3, -0.25) is 4.79 Å². The second kappa shape index (κ2) is 6.67. The van der Waals surface area contributed by atoms with E-state index in [0.29, 0.717) is 16.5 Å². The van der Waals surface area contributed by atoms with E-state index in [1.807, 2.05) is 24.3 Å². The number of anilines is 1. The van der Waals surface area contributed by atoms with Gasteiger partial charge in [-0.05, 0) is 48.4 Å². The molecule has 1 aliphatic heterocycles. The first-order chi connectivity index (χ1) is 10.6. The van der Waals surface area contributed by atoms with E-state index in [1.165, 1.54) is 0 Å². The van der Waals surface area contributed by atoms with Crippen LogP contribution in [0, 0.1) is 0 Å². The Morgan fingerprint density at radius 1 is 0.955 bits per heavy atom. The molecule has 1 saturated heterocycles. The third-order valence-corrected chi connectivity index (χ3v) is 4.11. The summed E-state index contributed by atoms with van der Waals surface area (Å²) >= 11 is 11.7. The lowest BCUT2D eigenvalue weighted by Crippen LogP contribution is -2.39. The van der Waals surface area contributed by atoms with Crippen molar-refractivity contribution in [3.8, 4) is 0 Å². The van der Waals surface area contributed by atoms with Gasteiger partial charge in [-0.2, -0.15) is 0 Å². The zero-order valence-corrected chi connectivity index (χ0v) is 13.2. The van der Waals surface area contributed by atoms with E-state index >= 15 is 0 Å². The number of benzene rings is 2. The highest BCUT2D eigenvalue weighted by molar-refractivity contribution is 6.30. The molecule has 3 rings (SSSR count). The van der Waals surface area contributed by atoms with Crippen molar-refractivity contribution in [2.45, 2.75) is 18.5 Å². The predicted molar refractivity (Wildman–Crippen MR) is 89.0 cm³/mol. The molecule has 0 saturated carbocycles. The fourth-order valence-corrected chi connectivity index (χ4v) is 2.66. The van der Waals surface area contributed by atoms with Crippen molar-refractivity contribution in [2.75, 3.05) is 5.32 Å². The van der Waals surface area contributed by atoms with Crippen molar-refractivity contribution in [1.82, 2.24) is 10.9 Å². The highest BCUT2D eigenvalue weighted by Crippen LogP contribution is 2.24. The molecule has 4 nitrogen and oxygen atoms in total. The summed E-state index contributed by atoms with van der Waals surface area (Å²) in [5.41, 5.74) is 8.00. The van der Waals surface area contributed by atoms with Gasteiger partial charge in [0.15, 0.2) is 0 Å². The van der Waals surface area contributed by atoms with Gasteiger partial charge in [-0.1, -0.05) is 35.3 Å². The standard InChI is InChI=1S/C16H15Cl2N3O/c17-11-3-1-10(2-4-11)14-9-15(21-20-14)16(22)19-13-7-5-12(18)6-8-13/h1-8,14-15,20-21H,9H2,(H,19,22). The molecule has 2 aromatic rings. The maximum atomic E-state index is 12.3. The number of carbonyl (C=O) groups excluding carboxylic acids is 1. The van der Waals surface area contributed by atoms with Gasteiger partial charge < -0.3 is 5.32 Å². The average Bonchev–Trinajstić information content (AvgIpc) is 3.00. The number of hydrogen-bond acceptors (Lipinski definition) is 3. The fourth-order valence-electron chi connectivity index (χ4n) is 2.40. The minimum absolute atomic E-state index is 0.0775. The summed E-state index contributed by atoms with van der Waals surface area (Å²) in [6, 6.07) is 14.4. The van der Waals surface area contributed by atoms with Crippen LogP contribution in [0.5, 0.6) is 0 Å². The molecule has 22 heavy (non-hydrogen) atoms. The van der Waals surface area contributed by atoms with Gasteiger partial charge in [0, 0.05) is 21.8 Å². The van der Waals surface area contributed by atoms with Crippen LogP contribution in [-0.2, 0) is 4.79 Å². The van der Waals surface area contributed by atoms with Gasteiger partial charge in [0.1, 0.15) is 6.04 Å². The predicted octanol–water partition coefficient (Wildman–Crippen LogP) is 3.54. The molecule has 114 valence electrons. The molecule has 6 heteroatoms. The number of amides is 1. The van der Waals surface area contributed by atoms with Crippen molar-refractivity contribution in [1.29, 1.82) is 0 Å². The summed E-state index contributed by atoms with van der Waals surface area (Å²) in [4.78, 5) is 12.3. The molecule has 0 aliphatic carbocycles. The molecule has 0 radical (unpaired) electrons. The highest BCUT2D eigenvalue weighted by Gasteiger charge is 2.30. The maximum absolute atomic E-state index is 12.3. The van der Waals surface area contributed by atoms with E-state index in [-0.39, 0.29) is 18.0 Å². The van der Waals surface area contributed by atoms with Crippen LogP contribution in [-0.4, -0.2) is 11.9 Å². The number of carbonyl (C=O) groups is 1. The molecule has 1 heterocycles. The molecule has 2 atom stereocenters. The number of rotatable bonds is 3. The third-order valence-electron chi connectivity index (χ3n) is 3.60. The Bertz CT molecular complexity index is 658. The molecule has 1 amide bonds. The van der Waals surface area contributed by atoms with Crippen LogP contribution in [0.3, 0.4) is 0 Å². The molecule has 2 unspecified atom stereocenters. The third kappa shape index (κ3) is 3.59. The molecule has 0 bridgehead atoms. The Labute approximate surface area is 138 Å². The van der Waals surface area contributed by atoms with Crippen LogP contribution >= 0.6 is 23.2 Å². The maximum Gasteiger partial charge on any atom is 0.242 e. The summed E-state index contributed by atoms with van der Waals surface area (Å²) in [7, 11) is 0. The van der Waals surface area contributed by atoms with Crippen molar-refractivity contribution in [2.24, 2.45) is 0 Å². The van der Waals surface area contributed by atoms with Crippen molar-refractivity contribution < 1.29 is 4.79 Å². The van der Waals surface area contributed by atoms with E-state index in [9.17, 15) is 4.79 Å². The SMILES string of the molecule is O=C(Nc1ccc(Cl)cc1)C1CC(c2ccc(Cl)cc2)NN1. The van der Waals surface area contributed by atoms with E-state index < -0.39 is 0 Å². The molecular formula is C16H15Cl2N3O. The lowest BCUT2D eigenvalue weighted by atomic mass is 10.0. The molecule has 1 fully saturated rings. The normalized spacial score (nSPS) is 20.8. The molecule has 2 aromatic carbocycles. The van der Waals surface area contributed by atoms with Crippen LogP contribution in [0.1, 0.15) is 18.0 Å². The van der Waals surface area contributed by atoms with E-state index in [0.717, 1.165) is 11.3 Å². The summed E-state index contributed by atoms with van der Waals surface area (Å²) in [5, 5.41) is 4.21. The molecule has 0 spiro atoms.